The van der Waals surface area contributed by atoms with Crippen molar-refractivity contribution in [2.75, 3.05) is 19.0 Å². The molecule has 0 bridgehead atoms. The zero-order chi connectivity index (χ0) is 9.42. The van der Waals surface area contributed by atoms with Crippen LogP contribution < -0.4 is 4.90 Å². The quantitative estimate of drug-likeness (QED) is 0.636. The molecular formula is C8H11N5. The predicted molar refractivity (Wildman–Crippen MR) is 49.8 cm³/mol. The first kappa shape index (κ1) is 7.97. The van der Waals surface area contributed by atoms with Crippen molar-refractivity contribution in [3.63, 3.8) is 0 Å². The fourth-order valence-corrected chi connectivity index (χ4v) is 1.39. The van der Waals surface area contributed by atoms with Crippen LogP contribution in [-0.2, 0) is 0 Å². The maximum absolute atomic E-state index is 4.15. The highest BCUT2D eigenvalue weighted by molar-refractivity contribution is 5.49. The van der Waals surface area contributed by atoms with E-state index in [0.717, 1.165) is 11.4 Å². The molecule has 0 saturated carbocycles. The zero-order valence-corrected chi connectivity index (χ0v) is 7.89. The van der Waals surface area contributed by atoms with Crippen LogP contribution in [0.4, 0.5) is 5.82 Å². The van der Waals surface area contributed by atoms with Gasteiger partial charge in [-0.15, -0.1) is 0 Å². The second-order valence-electron chi connectivity index (χ2n) is 3.13. The molecular weight excluding hydrogens is 166 g/mol. The summed E-state index contributed by atoms with van der Waals surface area (Å²) in [6.45, 7) is 2.00. The largest absolute Gasteiger partial charge is 0.362 e. The van der Waals surface area contributed by atoms with Gasteiger partial charge >= 0.3 is 0 Å². The van der Waals surface area contributed by atoms with Crippen LogP contribution in [0, 0.1) is 6.92 Å². The minimum atomic E-state index is 0.634. The molecule has 2 heterocycles. The van der Waals surface area contributed by atoms with Gasteiger partial charge in [-0.1, -0.05) is 0 Å². The number of rotatable bonds is 1. The Bertz CT molecular complexity index is 431. The average molecular weight is 177 g/mol. The minimum Gasteiger partial charge on any atom is -0.362 e. The lowest BCUT2D eigenvalue weighted by molar-refractivity contribution is 0.884. The van der Waals surface area contributed by atoms with Gasteiger partial charge in [0.15, 0.2) is 0 Å². The smallest absolute Gasteiger partial charge is 0.254 e. The number of hydrogen-bond acceptors (Lipinski definition) is 4. The number of nitrogens with zero attached hydrogens (tertiary/aromatic N) is 5. The topological polar surface area (TPSA) is 46.3 Å². The van der Waals surface area contributed by atoms with E-state index in [1.54, 1.807) is 10.7 Å². The van der Waals surface area contributed by atoms with Crippen molar-refractivity contribution < 1.29 is 0 Å². The Morgan fingerprint density at radius 3 is 2.77 bits per heavy atom. The van der Waals surface area contributed by atoms with Crippen LogP contribution in [0.5, 0.6) is 0 Å². The lowest BCUT2D eigenvalue weighted by Gasteiger charge is -2.15. The van der Waals surface area contributed by atoms with Crippen molar-refractivity contribution in [2.24, 2.45) is 0 Å². The Hall–Kier alpha value is -1.65. The highest BCUT2D eigenvalue weighted by atomic mass is 15.4. The second kappa shape index (κ2) is 2.69. The molecule has 0 amide bonds. The minimum absolute atomic E-state index is 0.634. The van der Waals surface area contributed by atoms with Gasteiger partial charge in [0.25, 0.3) is 5.78 Å². The summed E-state index contributed by atoms with van der Waals surface area (Å²) in [5, 5.41) is 4.10. The van der Waals surface area contributed by atoms with Crippen LogP contribution in [-0.4, -0.2) is 33.7 Å². The predicted octanol–water partition coefficient (Wildman–Crippen LogP) is 0.499. The summed E-state index contributed by atoms with van der Waals surface area (Å²) in [4.78, 5) is 10.2. The Labute approximate surface area is 76.0 Å². The molecule has 0 unspecified atom stereocenters. The van der Waals surface area contributed by atoms with E-state index in [-0.39, 0.29) is 0 Å². The highest BCUT2D eigenvalue weighted by Crippen LogP contribution is 2.15. The van der Waals surface area contributed by atoms with Gasteiger partial charge < -0.3 is 4.90 Å². The normalized spacial score (nSPS) is 10.7. The summed E-state index contributed by atoms with van der Waals surface area (Å²) in [6, 6.07) is 0. The van der Waals surface area contributed by atoms with E-state index in [0.29, 0.717) is 5.78 Å². The standard InChI is InChI=1S/C8H11N5/c1-6-4-9-8-10-5-11-13(8)7(6)12(2)3/h4-5H,1-3H3. The molecule has 0 spiro atoms. The van der Waals surface area contributed by atoms with E-state index < -0.39 is 0 Å². The molecule has 2 aromatic rings. The fourth-order valence-electron chi connectivity index (χ4n) is 1.39. The molecule has 2 rings (SSSR count). The third-order valence-corrected chi connectivity index (χ3v) is 1.88. The Balaban J connectivity index is 2.80. The summed E-state index contributed by atoms with van der Waals surface area (Å²) >= 11 is 0. The zero-order valence-electron chi connectivity index (χ0n) is 7.89. The first-order valence-electron chi connectivity index (χ1n) is 4.03. The number of aryl methyl sites for hydroxylation is 1. The van der Waals surface area contributed by atoms with E-state index >= 15 is 0 Å². The molecule has 2 aromatic heterocycles. The third kappa shape index (κ3) is 1.12. The number of anilines is 1. The van der Waals surface area contributed by atoms with E-state index in [1.165, 1.54) is 6.33 Å². The van der Waals surface area contributed by atoms with Crippen LogP contribution in [0.25, 0.3) is 5.78 Å². The van der Waals surface area contributed by atoms with Crippen molar-refractivity contribution in [3.8, 4) is 0 Å². The molecule has 0 atom stereocenters. The molecule has 5 heteroatoms. The lowest BCUT2D eigenvalue weighted by atomic mass is 10.3. The summed E-state index contributed by atoms with van der Waals surface area (Å²) in [7, 11) is 3.95. The third-order valence-electron chi connectivity index (χ3n) is 1.88. The van der Waals surface area contributed by atoms with Gasteiger partial charge in [0, 0.05) is 25.9 Å². The van der Waals surface area contributed by atoms with Crippen LogP contribution in [0.3, 0.4) is 0 Å². The van der Waals surface area contributed by atoms with Crippen LogP contribution >= 0.6 is 0 Å². The van der Waals surface area contributed by atoms with E-state index in [9.17, 15) is 0 Å². The van der Waals surface area contributed by atoms with Crippen LogP contribution in [0.1, 0.15) is 5.56 Å². The number of fused-ring (bicyclic) bond motifs is 1. The molecule has 0 saturated heterocycles. The number of aromatic nitrogens is 4. The van der Waals surface area contributed by atoms with E-state index in [1.807, 2.05) is 25.9 Å². The molecule has 13 heavy (non-hydrogen) atoms. The molecule has 0 fully saturated rings. The highest BCUT2D eigenvalue weighted by Gasteiger charge is 2.08. The Kier molecular flexibility index (Phi) is 1.65. The van der Waals surface area contributed by atoms with Gasteiger partial charge in [-0.05, 0) is 6.92 Å². The summed E-state index contributed by atoms with van der Waals surface area (Å²) < 4.78 is 1.73. The van der Waals surface area contributed by atoms with Gasteiger partial charge in [-0.2, -0.15) is 14.6 Å². The van der Waals surface area contributed by atoms with Gasteiger partial charge in [-0.25, -0.2) is 4.98 Å². The van der Waals surface area contributed by atoms with Crippen LogP contribution in [0.2, 0.25) is 0 Å². The van der Waals surface area contributed by atoms with Crippen molar-refractivity contribution in [1.29, 1.82) is 0 Å². The Morgan fingerprint density at radius 1 is 1.31 bits per heavy atom. The lowest BCUT2D eigenvalue weighted by Crippen LogP contribution is -2.15. The monoisotopic (exact) mass is 177 g/mol. The molecule has 0 aliphatic heterocycles. The molecule has 0 aliphatic rings. The van der Waals surface area contributed by atoms with Crippen molar-refractivity contribution in [1.82, 2.24) is 19.6 Å². The summed E-state index contributed by atoms with van der Waals surface area (Å²) in [5.41, 5.74) is 1.09. The van der Waals surface area contributed by atoms with Gasteiger partial charge in [-0.3, -0.25) is 0 Å². The fraction of sp³-hybridized carbons (Fsp3) is 0.375. The molecule has 0 radical (unpaired) electrons. The van der Waals surface area contributed by atoms with E-state index in [2.05, 4.69) is 15.1 Å². The average Bonchev–Trinajstić information content (AvgIpc) is 2.50. The van der Waals surface area contributed by atoms with Gasteiger partial charge in [0.05, 0.1) is 0 Å². The molecule has 0 aliphatic carbocycles. The van der Waals surface area contributed by atoms with Crippen molar-refractivity contribution in [3.05, 3.63) is 18.1 Å². The molecule has 5 nitrogen and oxygen atoms in total. The first-order chi connectivity index (χ1) is 6.20. The molecule has 0 aromatic carbocycles. The SMILES string of the molecule is Cc1cnc2ncnn2c1N(C)C. The summed E-state index contributed by atoms with van der Waals surface area (Å²) in [6.07, 6.45) is 3.31. The first-order valence-corrected chi connectivity index (χ1v) is 4.03. The van der Waals surface area contributed by atoms with Crippen molar-refractivity contribution >= 4 is 11.6 Å². The van der Waals surface area contributed by atoms with Crippen molar-refractivity contribution in [2.45, 2.75) is 6.92 Å². The van der Waals surface area contributed by atoms with E-state index in [4.69, 9.17) is 0 Å². The number of hydrogen-bond donors (Lipinski definition) is 0. The van der Waals surface area contributed by atoms with Gasteiger partial charge in [0.2, 0.25) is 0 Å². The van der Waals surface area contributed by atoms with Gasteiger partial charge in [0.1, 0.15) is 12.1 Å². The molecule has 68 valence electrons. The maximum atomic E-state index is 4.15. The second-order valence-corrected chi connectivity index (χ2v) is 3.13. The maximum Gasteiger partial charge on any atom is 0.254 e. The molecule has 0 N–H and O–H groups in total. The summed E-state index contributed by atoms with van der Waals surface area (Å²) in [5.74, 6) is 1.65. The Morgan fingerprint density at radius 2 is 2.08 bits per heavy atom. The van der Waals surface area contributed by atoms with Crippen LogP contribution in [0.15, 0.2) is 12.5 Å².